The van der Waals surface area contributed by atoms with E-state index in [1.807, 2.05) is 6.08 Å². The van der Waals surface area contributed by atoms with Crippen LogP contribution in [0.4, 0.5) is 0 Å². The Balaban J connectivity index is 0.00000180. The molecule has 0 spiro atoms. The Bertz CT molecular complexity index is 464. The first-order chi connectivity index (χ1) is 8.45. The quantitative estimate of drug-likeness (QED) is 0.359. The zero-order valence-corrected chi connectivity index (χ0v) is 15.0. The fraction of sp³-hybridized carbons (Fsp3) is 0.833. The summed E-state index contributed by atoms with van der Waals surface area (Å²) >= 11 is -2.29. The summed E-state index contributed by atoms with van der Waals surface area (Å²) in [6, 6.07) is 0. The van der Waals surface area contributed by atoms with E-state index in [4.69, 9.17) is 0 Å². The second-order valence-electron chi connectivity index (χ2n) is 5.35. The molecule has 1 atom stereocenters. The van der Waals surface area contributed by atoms with E-state index in [0.717, 1.165) is 37.7 Å². The van der Waals surface area contributed by atoms with Gasteiger partial charge >= 0.3 is 29.6 Å². The molecule has 19 heavy (non-hydrogen) atoms. The van der Waals surface area contributed by atoms with Crippen LogP contribution < -0.4 is 29.6 Å². The van der Waals surface area contributed by atoms with E-state index in [2.05, 4.69) is 0 Å². The maximum absolute atomic E-state index is 12.5. The Morgan fingerprint density at radius 1 is 1.26 bits per heavy atom. The van der Waals surface area contributed by atoms with Gasteiger partial charge in [-0.3, -0.25) is 4.21 Å². The maximum atomic E-state index is 12.5. The van der Waals surface area contributed by atoms with Gasteiger partial charge in [0, 0.05) is 5.75 Å². The van der Waals surface area contributed by atoms with Crippen LogP contribution >= 0.6 is 0 Å². The molecule has 0 heterocycles. The van der Waals surface area contributed by atoms with Crippen LogP contribution in [0.3, 0.4) is 0 Å². The third-order valence-electron chi connectivity index (χ3n) is 4.07. The van der Waals surface area contributed by atoms with E-state index in [0.29, 0.717) is 12.8 Å². The smallest absolute Gasteiger partial charge is 0.772 e. The van der Waals surface area contributed by atoms with Crippen molar-refractivity contribution in [2.24, 2.45) is 0 Å². The van der Waals surface area contributed by atoms with Crippen molar-refractivity contribution >= 4 is 20.9 Å². The SMILES string of the molecule is O=S([O-])CC1(S(=O)(=O)CC2=CCCC2)CCCC1.[Na+]. The molecule has 0 saturated heterocycles. The Kier molecular flexibility index (Phi) is 6.75. The minimum absolute atomic E-state index is 0. The van der Waals surface area contributed by atoms with Gasteiger partial charge < -0.3 is 4.55 Å². The monoisotopic (exact) mass is 314 g/mol. The van der Waals surface area contributed by atoms with Gasteiger partial charge in [0.2, 0.25) is 0 Å². The zero-order valence-electron chi connectivity index (χ0n) is 11.4. The van der Waals surface area contributed by atoms with Gasteiger partial charge in [-0.2, -0.15) is 0 Å². The molecule has 0 aromatic heterocycles. The van der Waals surface area contributed by atoms with Gasteiger partial charge in [0.05, 0.1) is 10.5 Å². The first kappa shape index (κ1) is 17.9. The van der Waals surface area contributed by atoms with Crippen LogP contribution in [0.5, 0.6) is 0 Å². The fourth-order valence-electron chi connectivity index (χ4n) is 3.04. The summed E-state index contributed by atoms with van der Waals surface area (Å²) in [4.78, 5) is 0. The molecule has 1 unspecified atom stereocenters. The molecule has 2 rings (SSSR count). The average molecular weight is 314 g/mol. The van der Waals surface area contributed by atoms with E-state index >= 15 is 0 Å². The molecule has 2 aliphatic carbocycles. The number of rotatable bonds is 5. The molecule has 0 aromatic carbocycles. The van der Waals surface area contributed by atoms with Crippen molar-refractivity contribution in [2.75, 3.05) is 11.5 Å². The van der Waals surface area contributed by atoms with Crippen molar-refractivity contribution in [3.63, 3.8) is 0 Å². The van der Waals surface area contributed by atoms with Crippen molar-refractivity contribution in [3.05, 3.63) is 11.6 Å². The van der Waals surface area contributed by atoms with E-state index < -0.39 is 25.7 Å². The summed E-state index contributed by atoms with van der Waals surface area (Å²) in [5.74, 6) is -0.174. The molecule has 1 saturated carbocycles. The molecule has 4 nitrogen and oxygen atoms in total. The van der Waals surface area contributed by atoms with Crippen LogP contribution in [-0.4, -0.2) is 33.4 Å². The molecule has 0 N–H and O–H groups in total. The summed E-state index contributed by atoms with van der Waals surface area (Å²) in [5.41, 5.74) is 0.970. The van der Waals surface area contributed by atoms with Gasteiger partial charge in [-0.25, -0.2) is 8.42 Å². The van der Waals surface area contributed by atoms with Crippen LogP contribution in [0, 0.1) is 0 Å². The Labute approximate surface area is 139 Å². The van der Waals surface area contributed by atoms with E-state index in [-0.39, 0.29) is 41.1 Å². The molecule has 1 fully saturated rings. The van der Waals surface area contributed by atoms with E-state index in [1.54, 1.807) is 0 Å². The van der Waals surface area contributed by atoms with Gasteiger partial charge in [-0.1, -0.05) is 35.6 Å². The molecule has 0 aliphatic heterocycles. The number of allylic oxidation sites excluding steroid dienone is 1. The number of hydrogen-bond acceptors (Lipinski definition) is 4. The fourth-order valence-corrected chi connectivity index (χ4v) is 6.74. The van der Waals surface area contributed by atoms with Crippen molar-refractivity contribution in [1.82, 2.24) is 0 Å². The number of hydrogen-bond donors (Lipinski definition) is 0. The summed E-state index contributed by atoms with van der Waals surface area (Å²) in [6.07, 6.45) is 7.43. The van der Waals surface area contributed by atoms with Crippen molar-refractivity contribution in [1.29, 1.82) is 0 Å². The molecule has 0 amide bonds. The van der Waals surface area contributed by atoms with E-state index in [1.165, 1.54) is 0 Å². The topological polar surface area (TPSA) is 74.3 Å². The number of sulfone groups is 1. The molecule has 0 bridgehead atoms. The van der Waals surface area contributed by atoms with Crippen LogP contribution in [-0.2, 0) is 20.9 Å². The van der Waals surface area contributed by atoms with Crippen molar-refractivity contribution in [2.45, 2.75) is 49.7 Å². The molecule has 104 valence electrons. The van der Waals surface area contributed by atoms with Gasteiger partial charge in [-0.15, -0.1) is 0 Å². The molecule has 0 radical (unpaired) electrons. The first-order valence-corrected chi connectivity index (χ1v) is 9.31. The van der Waals surface area contributed by atoms with Gasteiger partial charge in [0.25, 0.3) is 0 Å². The second-order valence-corrected chi connectivity index (χ2v) is 8.63. The van der Waals surface area contributed by atoms with Crippen LogP contribution in [0.15, 0.2) is 11.6 Å². The molecule has 0 aromatic rings. The molecule has 7 heteroatoms. The first-order valence-electron chi connectivity index (χ1n) is 6.41. The minimum Gasteiger partial charge on any atom is -0.772 e. The summed E-state index contributed by atoms with van der Waals surface area (Å²) in [6.45, 7) is 0. The summed E-state index contributed by atoms with van der Waals surface area (Å²) < 4.78 is 46.0. The third-order valence-corrected chi connectivity index (χ3v) is 7.66. The maximum Gasteiger partial charge on any atom is 1.00 e. The normalized spacial score (nSPS) is 23.7. The minimum atomic E-state index is -3.36. The molecular weight excluding hydrogens is 295 g/mol. The standard InChI is InChI=1S/C12H20O4S2.Na/c13-17(14)10-12(7-3-4-8-12)18(15,16)9-11-5-1-2-6-11;/h5H,1-4,6-10H2,(H,13,14);/q;+1/p-1. The predicted octanol–water partition coefficient (Wildman–Crippen LogP) is -1.29. The van der Waals surface area contributed by atoms with Crippen molar-refractivity contribution < 1.29 is 46.7 Å². The third kappa shape index (κ3) is 4.14. The second kappa shape index (κ2) is 7.18. The Morgan fingerprint density at radius 2 is 1.89 bits per heavy atom. The Morgan fingerprint density at radius 3 is 2.37 bits per heavy atom. The van der Waals surface area contributed by atoms with Gasteiger partial charge in [-0.05, 0) is 32.1 Å². The largest absolute Gasteiger partial charge is 1.00 e. The zero-order chi connectivity index (χ0) is 13.2. The van der Waals surface area contributed by atoms with Gasteiger partial charge in [0.15, 0.2) is 9.84 Å². The van der Waals surface area contributed by atoms with E-state index in [9.17, 15) is 17.2 Å². The average Bonchev–Trinajstić information content (AvgIpc) is 2.88. The predicted molar refractivity (Wildman–Crippen MR) is 70.7 cm³/mol. The molecular formula is C12H19NaO4S2. The van der Waals surface area contributed by atoms with Gasteiger partial charge in [0.1, 0.15) is 0 Å². The van der Waals surface area contributed by atoms with Crippen LogP contribution in [0.1, 0.15) is 44.9 Å². The molecule has 2 aliphatic rings. The summed E-state index contributed by atoms with van der Waals surface area (Å²) in [7, 11) is -3.36. The van der Waals surface area contributed by atoms with Crippen molar-refractivity contribution in [3.8, 4) is 0 Å². The Hall–Kier alpha value is 0.800. The summed E-state index contributed by atoms with van der Waals surface area (Å²) in [5, 5.41) is 0. The van der Waals surface area contributed by atoms with Crippen LogP contribution in [0.25, 0.3) is 0 Å². The van der Waals surface area contributed by atoms with Crippen LogP contribution in [0.2, 0.25) is 0 Å².